The summed E-state index contributed by atoms with van der Waals surface area (Å²) in [5.74, 6) is -0.697. The van der Waals surface area contributed by atoms with E-state index < -0.39 is 5.41 Å². The predicted molar refractivity (Wildman–Crippen MR) is 104 cm³/mol. The molecule has 0 unspecified atom stereocenters. The summed E-state index contributed by atoms with van der Waals surface area (Å²) in [5.41, 5.74) is 0.00850. The molecule has 2 heterocycles. The fraction of sp³-hybridized carbons (Fsp3) is 0.444. The van der Waals surface area contributed by atoms with E-state index in [9.17, 15) is 9.59 Å². The van der Waals surface area contributed by atoms with E-state index in [-0.39, 0.29) is 28.7 Å². The standard InChI is InChI=1S/C10H13ClN2O2.C8H9ClN2O2/c1-4-15-9(14)10(2,3)7-8(11)13-6-5-12-7;1-2-13-7(12)5-6-8(9)11-4-3-10-6/h5-6H,4H2,1-3H3;3-4H,2,5H2,1H3. The Kier molecular flexibility index (Phi) is 9.75. The van der Waals surface area contributed by atoms with Crippen LogP contribution in [0.4, 0.5) is 0 Å². The van der Waals surface area contributed by atoms with Crippen LogP contribution in [0.2, 0.25) is 10.3 Å². The van der Waals surface area contributed by atoms with E-state index in [0.717, 1.165) is 0 Å². The number of nitrogens with zero attached hydrogens (tertiary/aromatic N) is 4. The fourth-order valence-electron chi connectivity index (χ4n) is 1.97. The van der Waals surface area contributed by atoms with Gasteiger partial charge in [0.25, 0.3) is 0 Å². The van der Waals surface area contributed by atoms with Crippen molar-refractivity contribution in [3.63, 3.8) is 0 Å². The van der Waals surface area contributed by atoms with Crippen LogP contribution in [0.25, 0.3) is 0 Å². The molecule has 0 saturated carbocycles. The van der Waals surface area contributed by atoms with Crippen LogP contribution in [-0.4, -0.2) is 45.1 Å². The van der Waals surface area contributed by atoms with Gasteiger partial charge in [-0.15, -0.1) is 0 Å². The van der Waals surface area contributed by atoms with E-state index in [0.29, 0.717) is 24.6 Å². The lowest BCUT2D eigenvalue weighted by molar-refractivity contribution is -0.149. The Morgan fingerprint density at radius 1 is 0.893 bits per heavy atom. The van der Waals surface area contributed by atoms with Crippen molar-refractivity contribution in [3.05, 3.63) is 46.5 Å². The van der Waals surface area contributed by atoms with Crippen molar-refractivity contribution in [1.29, 1.82) is 0 Å². The smallest absolute Gasteiger partial charge is 0.317 e. The van der Waals surface area contributed by atoms with Crippen LogP contribution in [0, 0.1) is 0 Å². The second kappa shape index (κ2) is 11.5. The third-order valence-electron chi connectivity index (χ3n) is 3.37. The van der Waals surface area contributed by atoms with Gasteiger partial charge in [0.05, 0.1) is 31.0 Å². The van der Waals surface area contributed by atoms with Gasteiger partial charge in [-0.3, -0.25) is 19.6 Å². The lowest BCUT2D eigenvalue weighted by Gasteiger charge is -2.21. The molecule has 0 atom stereocenters. The molecule has 0 spiro atoms. The zero-order chi connectivity index (χ0) is 21.2. The van der Waals surface area contributed by atoms with E-state index in [1.54, 1.807) is 27.7 Å². The maximum absolute atomic E-state index is 11.7. The summed E-state index contributed by atoms with van der Waals surface area (Å²) >= 11 is 11.6. The molecule has 0 N–H and O–H groups in total. The number of hydrogen-bond acceptors (Lipinski definition) is 8. The zero-order valence-electron chi connectivity index (χ0n) is 16.1. The summed E-state index contributed by atoms with van der Waals surface area (Å²) in [7, 11) is 0. The Hall–Kier alpha value is -2.32. The van der Waals surface area contributed by atoms with Crippen molar-refractivity contribution in [1.82, 2.24) is 19.9 Å². The van der Waals surface area contributed by atoms with Crippen LogP contribution in [0.3, 0.4) is 0 Å². The SMILES string of the molecule is CCOC(=O)C(C)(C)c1nccnc1Cl.CCOC(=O)Cc1nccnc1Cl. The van der Waals surface area contributed by atoms with Gasteiger partial charge in [0.15, 0.2) is 10.3 Å². The number of ether oxygens (including phenoxy) is 2. The molecule has 2 aromatic rings. The quantitative estimate of drug-likeness (QED) is 0.645. The second-order valence-electron chi connectivity index (χ2n) is 5.82. The van der Waals surface area contributed by atoms with E-state index in [1.807, 2.05) is 0 Å². The molecule has 0 amide bonds. The Morgan fingerprint density at radius 2 is 1.43 bits per heavy atom. The Bertz CT molecular complexity index is 803. The molecule has 28 heavy (non-hydrogen) atoms. The minimum absolute atomic E-state index is 0.0700. The Balaban J connectivity index is 0.000000283. The van der Waals surface area contributed by atoms with Gasteiger partial charge in [-0.2, -0.15) is 0 Å². The number of carbonyl (C=O) groups is 2. The molecule has 0 bridgehead atoms. The first-order valence-electron chi connectivity index (χ1n) is 8.49. The number of halogens is 2. The Morgan fingerprint density at radius 3 is 1.96 bits per heavy atom. The number of aromatic nitrogens is 4. The lowest BCUT2D eigenvalue weighted by Crippen LogP contribution is -2.32. The third kappa shape index (κ3) is 7.01. The fourth-order valence-corrected chi connectivity index (χ4v) is 2.48. The molecule has 0 aromatic carbocycles. The van der Waals surface area contributed by atoms with E-state index in [1.165, 1.54) is 24.8 Å². The number of hydrogen-bond donors (Lipinski definition) is 0. The van der Waals surface area contributed by atoms with Gasteiger partial charge < -0.3 is 9.47 Å². The van der Waals surface area contributed by atoms with Gasteiger partial charge in [0.2, 0.25) is 0 Å². The number of esters is 2. The highest BCUT2D eigenvalue weighted by Gasteiger charge is 2.35. The second-order valence-corrected chi connectivity index (χ2v) is 6.53. The molecule has 0 aliphatic heterocycles. The minimum Gasteiger partial charge on any atom is -0.466 e. The molecule has 0 radical (unpaired) electrons. The first-order chi connectivity index (χ1) is 13.2. The van der Waals surface area contributed by atoms with Crippen molar-refractivity contribution >= 4 is 35.1 Å². The van der Waals surface area contributed by atoms with Crippen molar-refractivity contribution in [3.8, 4) is 0 Å². The summed E-state index contributed by atoms with van der Waals surface area (Å²) in [6.07, 6.45) is 6.01. The highest BCUT2D eigenvalue weighted by Crippen LogP contribution is 2.27. The first-order valence-corrected chi connectivity index (χ1v) is 9.24. The van der Waals surface area contributed by atoms with E-state index >= 15 is 0 Å². The molecule has 0 fully saturated rings. The number of carbonyl (C=O) groups excluding carboxylic acids is 2. The van der Waals surface area contributed by atoms with Gasteiger partial charge in [0.1, 0.15) is 5.41 Å². The molecular weight excluding hydrogens is 407 g/mol. The highest BCUT2D eigenvalue weighted by molar-refractivity contribution is 6.30. The summed E-state index contributed by atoms with van der Waals surface area (Å²) in [6.45, 7) is 7.61. The zero-order valence-corrected chi connectivity index (χ0v) is 17.6. The van der Waals surface area contributed by atoms with Gasteiger partial charge >= 0.3 is 11.9 Å². The van der Waals surface area contributed by atoms with Gasteiger partial charge in [-0.25, -0.2) is 9.97 Å². The summed E-state index contributed by atoms with van der Waals surface area (Å²) in [4.78, 5) is 38.3. The van der Waals surface area contributed by atoms with Crippen LogP contribution >= 0.6 is 23.2 Å². The minimum atomic E-state index is -0.874. The summed E-state index contributed by atoms with van der Waals surface area (Å²) in [5, 5.41) is 0.478. The van der Waals surface area contributed by atoms with E-state index in [2.05, 4.69) is 19.9 Å². The van der Waals surface area contributed by atoms with Crippen molar-refractivity contribution in [2.75, 3.05) is 13.2 Å². The first kappa shape index (κ1) is 23.7. The van der Waals surface area contributed by atoms with Crippen LogP contribution in [0.1, 0.15) is 39.1 Å². The maximum Gasteiger partial charge on any atom is 0.317 e. The van der Waals surface area contributed by atoms with Crippen LogP contribution in [0.15, 0.2) is 24.8 Å². The lowest BCUT2D eigenvalue weighted by atomic mass is 9.90. The van der Waals surface area contributed by atoms with Gasteiger partial charge in [0, 0.05) is 24.8 Å². The molecule has 0 aliphatic rings. The maximum atomic E-state index is 11.7. The number of rotatable bonds is 6. The molecule has 2 aromatic heterocycles. The topological polar surface area (TPSA) is 104 Å². The van der Waals surface area contributed by atoms with Crippen molar-refractivity contribution in [2.45, 2.75) is 39.5 Å². The molecule has 2 rings (SSSR count). The van der Waals surface area contributed by atoms with Crippen LogP contribution in [0.5, 0.6) is 0 Å². The van der Waals surface area contributed by atoms with Gasteiger partial charge in [-0.1, -0.05) is 23.2 Å². The van der Waals surface area contributed by atoms with Crippen LogP contribution < -0.4 is 0 Å². The summed E-state index contributed by atoms with van der Waals surface area (Å²) in [6, 6.07) is 0. The van der Waals surface area contributed by atoms with Crippen molar-refractivity contribution < 1.29 is 19.1 Å². The Labute approximate surface area is 173 Å². The highest BCUT2D eigenvalue weighted by atomic mass is 35.5. The third-order valence-corrected chi connectivity index (χ3v) is 3.96. The predicted octanol–water partition coefficient (Wildman–Crippen LogP) is 3.21. The van der Waals surface area contributed by atoms with Crippen LogP contribution in [-0.2, 0) is 30.9 Å². The normalized spacial score (nSPS) is 10.5. The molecule has 0 saturated heterocycles. The molecular formula is C18H22Cl2N4O4. The average molecular weight is 429 g/mol. The van der Waals surface area contributed by atoms with E-state index in [4.69, 9.17) is 32.7 Å². The largest absolute Gasteiger partial charge is 0.466 e. The van der Waals surface area contributed by atoms with Gasteiger partial charge in [-0.05, 0) is 27.7 Å². The summed E-state index contributed by atoms with van der Waals surface area (Å²) < 4.78 is 9.69. The average Bonchev–Trinajstić information content (AvgIpc) is 2.65. The van der Waals surface area contributed by atoms with Crippen molar-refractivity contribution in [2.24, 2.45) is 0 Å². The molecule has 10 heteroatoms. The molecule has 8 nitrogen and oxygen atoms in total. The monoisotopic (exact) mass is 428 g/mol. The molecule has 152 valence electrons. The molecule has 0 aliphatic carbocycles.